The molecule has 0 aliphatic carbocycles. The molecule has 0 aliphatic rings. The number of nitrogens with zero attached hydrogens (tertiary/aromatic N) is 4. The zero-order valence-electron chi connectivity index (χ0n) is 11.1. The molecule has 0 saturated carbocycles. The van der Waals surface area contributed by atoms with Gasteiger partial charge in [-0.15, -0.1) is 12.6 Å². The summed E-state index contributed by atoms with van der Waals surface area (Å²) in [5.41, 5.74) is 7.78. The topological polar surface area (TPSA) is 87.6 Å². The average Bonchev–Trinajstić information content (AvgIpc) is 2.38. The molecule has 0 fully saturated rings. The van der Waals surface area contributed by atoms with Gasteiger partial charge in [0.1, 0.15) is 0 Å². The molecule has 3 N–H and O–H groups in total. The van der Waals surface area contributed by atoms with Gasteiger partial charge in [0.15, 0.2) is 16.7 Å². The molecule has 0 atom stereocenters. The van der Waals surface area contributed by atoms with Crippen LogP contribution >= 0.6 is 12.6 Å². The summed E-state index contributed by atoms with van der Waals surface area (Å²) >= 11 is 3.92. The van der Waals surface area contributed by atoms with Gasteiger partial charge < -0.3 is 15.7 Å². The smallest absolute Gasteiger partial charge is 0.243 e. The third-order valence-corrected chi connectivity index (χ3v) is 2.83. The molecule has 2 rings (SSSR count). The molecule has 0 saturated heterocycles. The molecule has 6 nitrogen and oxygen atoms in total. The van der Waals surface area contributed by atoms with Gasteiger partial charge in [0, 0.05) is 26.0 Å². The third-order valence-electron chi connectivity index (χ3n) is 2.63. The maximum Gasteiger partial charge on any atom is 0.243 e. The van der Waals surface area contributed by atoms with Crippen LogP contribution in [0.25, 0.3) is 0 Å². The number of aliphatic imine (C=N–C) groups is 1. The van der Waals surface area contributed by atoms with E-state index in [9.17, 15) is 5.11 Å². The van der Waals surface area contributed by atoms with Crippen molar-refractivity contribution in [2.45, 2.75) is 5.16 Å². The molecule has 0 amide bonds. The van der Waals surface area contributed by atoms with Gasteiger partial charge in [0.25, 0.3) is 0 Å². The lowest BCUT2D eigenvalue weighted by atomic mass is 10.2. The molecule has 2 aromatic rings. The van der Waals surface area contributed by atoms with Crippen molar-refractivity contribution in [1.82, 2.24) is 9.97 Å². The lowest BCUT2D eigenvalue weighted by Gasteiger charge is -2.11. The van der Waals surface area contributed by atoms with Gasteiger partial charge in [0.05, 0.1) is 0 Å². The minimum absolute atomic E-state index is 0.0867. The first-order valence-electron chi connectivity index (χ1n) is 5.84. The van der Waals surface area contributed by atoms with Crippen molar-refractivity contribution in [3.63, 3.8) is 0 Å². The molecule has 104 valence electrons. The van der Waals surface area contributed by atoms with Gasteiger partial charge in [-0.1, -0.05) is 12.1 Å². The summed E-state index contributed by atoms with van der Waals surface area (Å²) in [7, 11) is 3.94. The Kier molecular flexibility index (Phi) is 4.09. The standard InChI is InChI=1S/C13H15N5OS/c1-18(2)9-5-3-8(4-6-9)7-15-10-11(14)16-13(20)17-12(10)19/h3-7H,1-2H3,(H4,14,16,17,19,20)/b15-7+. The third kappa shape index (κ3) is 3.18. The fraction of sp³-hybridized carbons (Fsp3) is 0.154. The lowest BCUT2D eigenvalue weighted by molar-refractivity contribution is 0.448. The van der Waals surface area contributed by atoms with Crippen molar-refractivity contribution >= 4 is 36.0 Å². The summed E-state index contributed by atoms with van der Waals surface area (Å²) in [6.07, 6.45) is 1.59. The number of nitrogen functional groups attached to an aromatic ring is 1. The maximum atomic E-state index is 9.67. The number of nitrogens with two attached hydrogens (primary N) is 1. The largest absolute Gasteiger partial charge is 0.492 e. The first-order valence-corrected chi connectivity index (χ1v) is 6.29. The van der Waals surface area contributed by atoms with Crippen LogP contribution in [0.3, 0.4) is 0 Å². The van der Waals surface area contributed by atoms with E-state index in [2.05, 4.69) is 27.6 Å². The summed E-state index contributed by atoms with van der Waals surface area (Å²) in [5.74, 6) is -0.202. The number of hydrogen-bond donors (Lipinski definition) is 3. The number of hydrogen-bond acceptors (Lipinski definition) is 7. The van der Waals surface area contributed by atoms with Crippen molar-refractivity contribution in [2.24, 2.45) is 4.99 Å². The van der Waals surface area contributed by atoms with Gasteiger partial charge >= 0.3 is 0 Å². The van der Waals surface area contributed by atoms with Crippen molar-refractivity contribution in [2.75, 3.05) is 24.7 Å². The molecular weight excluding hydrogens is 274 g/mol. The molecule has 0 aliphatic heterocycles. The highest BCUT2D eigenvalue weighted by Crippen LogP contribution is 2.29. The highest BCUT2D eigenvalue weighted by Gasteiger charge is 2.08. The van der Waals surface area contributed by atoms with Crippen LogP contribution in [0.4, 0.5) is 17.2 Å². The van der Waals surface area contributed by atoms with E-state index in [1.165, 1.54) is 0 Å². The van der Waals surface area contributed by atoms with Crippen LogP contribution in [0, 0.1) is 0 Å². The highest BCUT2D eigenvalue weighted by molar-refractivity contribution is 7.80. The number of aromatic nitrogens is 2. The molecule has 20 heavy (non-hydrogen) atoms. The number of thiol groups is 1. The molecule has 1 aromatic heterocycles. The van der Waals surface area contributed by atoms with E-state index in [4.69, 9.17) is 5.73 Å². The Labute approximate surface area is 122 Å². The van der Waals surface area contributed by atoms with Crippen LogP contribution in [0.2, 0.25) is 0 Å². The van der Waals surface area contributed by atoms with E-state index in [-0.39, 0.29) is 22.5 Å². The zero-order chi connectivity index (χ0) is 14.7. The highest BCUT2D eigenvalue weighted by atomic mass is 32.1. The Morgan fingerprint density at radius 2 is 1.90 bits per heavy atom. The Bertz CT molecular complexity index is 617. The van der Waals surface area contributed by atoms with Crippen LogP contribution in [0.1, 0.15) is 5.56 Å². The van der Waals surface area contributed by atoms with Crippen LogP contribution in [0.5, 0.6) is 5.88 Å². The van der Waals surface area contributed by atoms with Gasteiger partial charge in [-0.3, -0.25) is 0 Å². The number of aromatic hydroxyl groups is 1. The fourth-order valence-electron chi connectivity index (χ4n) is 1.57. The predicted molar refractivity (Wildman–Crippen MR) is 83.4 cm³/mol. The monoisotopic (exact) mass is 289 g/mol. The minimum atomic E-state index is -0.288. The van der Waals surface area contributed by atoms with Gasteiger partial charge in [-0.2, -0.15) is 4.98 Å². The lowest BCUT2D eigenvalue weighted by Crippen LogP contribution is -2.08. The SMILES string of the molecule is CN(C)c1ccc(/C=N/c2c(N)nc(S)nc2O)cc1. The second-order valence-electron chi connectivity index (χ2n) is 4.33. The summed E-state index contributed by atoms with van der Waals surface area (Å²) in [6.45, 7) is 0. The van der Waals surface area contributed by atoms with E-state index < -0.39 is 0 Å². The Morgan fingerprint density at radius 3 is 2.45 bits per heavy atom. The Hall–Kier alpha value is -2.28. The molecule has 0 radical (unpaired) electrons. The molecule has 0 bridgehead atoms. The van der Waals surface area contributed by atoms with E-state index in [1.54, 1.807) is 6.21 Å². The van der Waals surface area contributed by atoms with Crippen LogP contribution in [-0.2, 0) is 0 Å². The fourth-order valence-corrected chi connectivity index (χ4v) is 1.77. The predicted octanol–water partition coefficient (Wildman–Crippen LogP) is 1.87. The van der Waals surface area contributed by atoms with Crippen LogP contribution < -0.4 is 10.6 Å². The Morgan fingerprint density at radius 1 is 1.25 bits per heavy atom. The first kappa shape index (κ1) is 14.1. The molecule has 1 heterocycles. The van der Waals surface area contributed by atoms with E-state index in [1.807, 2.05) is 43.3 Å². The molecular formula is C13H15N5OS. The molecule has 1 aromatic carbocycles. The molecule has 0 unspecified atom stereocenters. The molecule has 7 heteroatoms. The summed E-state index contributed by atoms with van der Waals surface area (Å²) < 4.78 is 0. The van der Waals surface area contributed by atoms with E-state index in [0.29, 0.717) is 0 Å². The van der Waals surface area contributed by atoms with Crippen molar-refractivity contribution < 1.29 is 5.11 Å². The van der Waals surface area contributed by atoms with Crippen molar-refractivity contribution in [1.29, 1.82) is 0 Å². The van der Waals surface area contributed by atoms with Crippen molar-refractivity contribution in [3.8, 4) is 5.88 Å². The number of anilines is 2. The average molecular weight is 289 g/mol. The van der Waals surface area contributed by atoms with Gasteiger partial charge in [0.2, 0.25) is 5.88 Å². The summed E-state index contributed by atoms with van der Waals surface area (Å²) in [5, 5.41) is 9.77. The van der Waals surface area contributed by atoms with Gasteiger partial charge in [-0.05, 0) is 17.7 Å². The van der Waals surface area contributed by atoms with E-state index >= 15 is 0 Å². The summed E-state index contributed by atoms with van der Waals surface area (Å²) in [6, 6.07) is 7.77. The zero-order valence-corrected chi connectivity index (χ0v) is 12.0. The second kappa shape index (κ2) is 5.79. The van der Waals surface area contributed by atoms with Crippen LogP contribution in [0.15, 0.2) is 34.4 Å². The second-order valence-corrected chi connectivity index (χ2v) is 4.73. The minimum Gasteiger partial charge on any atom is -0.492 e. The quantitative estimate of drug-likeness (QED) is 0.456. The van der Waals surface area contributed by atoms with Crippen LogP contribution in [-0.4, -0.2) is 35.4 Å². The summed E-state index contributed by atoms with van der Waals surface area (Å²) in [4.78, 5) is 13.6. The number of benzene rings is 1. The maximum absolute atomic E-state index is 9.67. The van der Waals surface area contributed by atoms with Gasteiger partial charge in [-0.25, -0.2) is 9.98 Å². The first-order chi connectivity index (χ1) is 9.47. The molecule has 0 spiro atoms. The normalized spacial score (nSPS) is 10.9. The van der Waals surface area contributed by atoms with E-state index in [0.717, 1.165) is 11.3 Å². The Balaban J connectivity index is 2.25. The van der Waals surface area contributed by atoms with Crippen molar-refractivity contribution in [3.05, 3.63) is 29.8 Å². The number of rotatable bonds is 3.